The molecular weight excluding hydrogens is 372 g/mol. The quantitative estimate of drug-likeness (QED) is 0.695. The van der Waals surface area contributed by atoms with E-state index in [0.717, 1.165) is 49.8 Å². The summed E-state index contributed by atoms with van der Waals surface area (Å²) in [6, 6.07) is 12.6. The lowest BCUT2D eigenvalue weighted by Gasteiger charge is -2.38. The molecule has 0 saturated carbocycles. The molecular formula is C23H27ClN2O2. The average molecular weight is 399 g/mol. The zero-order chi connectivity index (χ0) is 18.9. The Hall–Kier alpha value is -1.75. The van der Waals surface area contributed by atoms with Crippen molar-refractivity contribution >= 4 is 17.3 Å². The van der Waals surface area contributed by atoms with Crippen LogP contribution in [0, 0.1) is 0 Å². The molecule has 1 atom stereocenters. The Bertz CT molecular complexity index is 848. The normalized spacial score (nSPS) is 21.5. The molecule has 2 aromatic rings. The third-order valence-electron chi connectivity index (χ3n) is 6.48. The van der Waals surface area contributed by atoms with Crippen LogP contribution in [0.4, 0.5) is 5.69 Å². The highest BCUT2D eigenvalue weighted by molar-refractivity contribution is 6.31. The summed E-state index contributed by atoms with van der Waals surface area (Å²) in [5, 5.41) is 0.949. The Morgan fingerprint density at radius 2 is 1.86 bits per heavy atom. The Morgan fingerprint density at radius 3 is 2.75 bits per heavy atom. The fraction of sp³-hybridized carbons (Fsp3) is 0.478. The van der Waals surface area contributed by atoms with E-state index < -0.39 is 0 Å². The number of nitrogens with zero attached hydrogens (tertiary/aromatic N) is 2. The predicted molar refractivity (Wildman–Crippen MR) is 113 cm³/mol. The van der Waals surface area contributed by atoms with Crippen LogP contribution < -0.4 is 9.79 Å². The molecule has 0 spiro atoms. The molecule has 0 amide bonds. The van der Waals surface area contributed by atoms with Crippen LogP contribution in [-0.2, 0) is 17.7 Å². The number of piperazine rings is 1. The molecule has 0 bridgehead atoms. The van der Waals surface area contributed by atoms with E-state index in [0.29, 0.717) is 12.5 Å². The number of hydrogen-bond donors (Lipinski definition) is 0. The van der Waals surface area contributed by atoms with Crippen molar-refractivity contribution in [3.63, 3.8) is 0 Å². The van der Waals surface area contributed by atoms with Crippen molar-refractivity contribution in [2.75, 3.05) is 44.2 Å². The van der Waals surface area contributed by atoms with Crippen LogP contribution in [0.15, 0.2) is 36.4 Å². The molecule has 0 radical (unpaired) electrons. The molecule has 28 heavy (non-hydrogen) atoms. The molecule has 1 saturated heterocycles. The van der Waals surface area contributed by atoms with Crippen molar-refractivity contribution in [1.82, 2.24) is 4.90 Å². The van der Waals surface area contributed by atoms with Gasteiger partial charge in [-0.3, -0.25) is 4.90 Å². The van der Waals surface area contributed by atoms with E-state index in [-0.39, 0.29) is 0 Å². The van der Waals surface area contributed by atoms with E-state index in [9.17, 15) is 0 Å². The summed E-state index contributed by atoms with van der Waals surface area (Å²) >= 11 is 6.27. The smallest absolute Gasteiger partial charge is 0.170 e. The average Bonchev–Trinajstić information content (AvgIpc) is 2.72. The fourth-order valence-electron chi connectivity index (χ4n) is 4.86. The van der Waals surface area contributed by atoms with Gasteiger partial charge in [0.1, 0.15) is 0 Å². The second-order valence-corrected chi connectivity index (χ2v) is 8.50. The molecule has 5 rings (SSSR count). The highest BCUT2D eigenvalue weighted by atomic mass is 35.5. The highest BCUT2D eigenvalue weighted by Crippen LogP contribution is 2.42. The Morgan fingerprint density at radius 1 is 1.00 bits per heavy atom. The van der Waals surface area contributed by atoms with Gasteiger partial charge >= 0.3 is 0 Å². The number of fused-ring (bicyclic) bond motifs is 2. The summed E-state index contributed by atoms with van der Waals surface area (Å²) in [6.07, 6.45) is 4.63. The van der Waals surface area contributed by atoms with E-state index in [4.69, 9.17) is 21.4 Å². The number of anilines is 1. The van der Waals surface area contributed by atoms with Gasteiger partial charge in [0.25, 0.3) is 0 Å². The second-order valence-electron chi connectivity index (χ2n) is 8.09. The maximum atomic E-state index is 6.27. The SMILES string of the molecule is Clc1cccc2c1CC2CCCN1CCN(c2cccc3c2CCOO3)CC1. The van der Waals surface area contributed by atoms with Crippen LogP contribution >= 0.6 is 11.6 Å². The minimum atomic E-state index is 0.638. The minimum Gasteiger partial charge on any atom is -0.369 e. The molecule has 1 aliphatic carbocycles. The largest absolute Gasteiger partial charge is 0.369 e. The highest BCUT2D eigenvalue weighted by Gasteiger charge is 2.28. The third-order valence-corrected chi connectivity index (χ3v) is 6.83. The zero-order valence-electron chi connectivity index (χ0n) is 16.2. The van der Waals surface area contributed by atoms with Gasteiger partial charge in [-0.25, -0.2) is 0 Å². The first-order valence-corrected chi connectivity index (χ1v) is 10.8. The van der Waals surface area contributed by atoms with E-state index >= 15 is 0 Å². The lowest BCUT2D eigenvalue weighted by atomic mass is 9.75. The molecule has 148 valence electrons. The van der Waals surface area contributed by atoms with Gasteiger partial charge in [0.15, 0.2) is 5.75 Å². The van der Waals surface area contributed by atoms with Crippen molar-refractivity contribution in [3.05, 3.63) is 58.1 Å². The Kier molecular flexibility index (Phi) is 5.19. The van der Waals surface area contributed by atoms with E-state index in [2.05, 4.69) is 34.1 Å². The van der Waals surface area contributed by atoms with Gasteiger partial charge in [-0.15, -0.1) is 0 Å². The van der Waals surface area contributed by atoms with E-state index in [1.165, 1.54) is 41.8 Å². The molecule has 0 N–H and O–H groups in total. The summed E-state index contributed by atoms with van der Waals surface area (Å²) in [4.78, 5) is 15.6. The lowest BCUT2D eigenvalue weighted by molar-refractivity contribution is -0.215. The minimum absolute atomic E-state index is 0.638. The molecule has 5 heteroatoms. The molecule has 4 nitrogen and oxygen atoms in total. The van der Waals surface area contributed by atoms with Gasteiger partial charge in [0.2, 0.25) is 0 Å². The van der Waals surface area contributed by atoms with Crippen molar-refractivity contribution in [2.24, 2.45) is 0 Å². The number of halogens is 1. The van der Waals surface area contributed by atoms with Crippen LogP contribution in [0.1, 0.15) is 35.4 Å². The summed E-state index contributed by atoms with van der Waals surface area (Å²) in [6.45, 7) is 6.27. The standard InChI is InChI=1S/C23H27ClN2O2/c24-21-6-1-5-18-17(16-20(18)21)4-3-10-25-11-13-26(14-12-25)22-7-2-8-23-19(22)9-15-27-28-23/h1-2,5-8,17H,3-4,9-16H2. The van der Waals surface area contributed by atoms with Gasteiger partial charge in [-0.05, 0) is 61.1 Å². The zero-order valence-corrected chi connectivity index (χ0v) is 17.0. The van der Waals surface area contributed by atoms with E-state index in [1.807, 2.05) is 12.1 Å². The van der Waals surface area contributed by atoms with Gasteiger partial charge < -0.3 is 9.79 Å². The fourth-order valence-corrected chi connectivity index (χ4v) is 5.12. The molecule has 2 aromatic carbocycles. The molecule has 2 aliphatic heterocycles. The van der Waals surface area contributed by atoms with Crippen molar-refractivity contribution < 1.29 is 9.78 Å². The van der Waals surface area contributed by atoms with E-state index in [1.54, 1.807) is 0 Å². The van der Waals surface area contributed by atoms with Crippen LogP contribution in [0.3, 0.4) is 0 Å². The summed E-state index contributed by atoms with van der Waals surface area (Å²) in [7, 11) is 0. The first-order chi connectivity index (χ1) is 13.8. The van der Waals surface area contributed by atoms with Gasteiger partial charge in [0, 0.05) is 48.9 Å². The molecule has 2 heterocycles. The monoisotopic (exact) mass is 398 g/mol. The van der Waals surface area contributed by atoms with Gasteiger partial charge in [-0.1, -0.05) is 29.8 Å². The van der Waals surface area contributed by atoms with Crippen LogP contribution in [0.25, 0.3) is 0 Å². The van der Waals surface area contributed by atoms with Crippen LogP contribution in [0.2, 0.25) is 5.02 Å². The first kappa shape index (κ1) is 18.3. The van der Waals surface area contributed by atoms with Gasteiger partial charge in [0.05, 0.1) is 6.61 Å². The Balaban J connectivity index is 1.11. The maximum absolute atomic E-state index is 6.27. The number of rotatable bonds is 5. The summed E-state index contributed by atoms with van der Waals surface area (Å²) < 4.78 is 0. The van der Waals surface area contributed by atoms with Crippen molar-refractivity contribution in [3.8, 4) is 5.75 Å². The lowest BCUT2D eigenvalue weighted by Crippen LogP contribution is -2.47. The summed E-state index contributed by atoms with van der Waals surface area (Å²) in [5.41, 5.74) is 5.48. The van der Waals surface area contributed by atoms with Crippen molar-refractivity contribution in [2.45, 2.75) is 31.6 Å². The topological polar surface area (TPSA) is 24.9 Å². The molecule has 1 fully saturated rings. The van der Waals surface area contributed by atoms with Crippen LogP contribution in [-0.4, -0.2) is 44.2 Å². The molecule has 1 unspecified atom stereocenters. The molecule has 3 aliphatic rings. The predicted octanol–water partition coefficient (Wildman–Crippen LogP) is 4.45. The van der Waals surface area contributed by atoms with Gasteiger partial charge in [-0.2, -0.15) is 4.89 Å². The second kappa shape index (κ2) is 7.94. The third kappa shape index (κ3) is 3.49. The summed E-state index contributed by atoms with van der Waals surface area (Å²) in [5.74, 6) is 1.60. The maximum Gasteiger partial charge on any atom is 0.170 e. The van der Waals surface area contributed by atoms with Crippen molar-refractivity contribution in [1.29, 1.82) is 0 Å². The molecule has 0 aromatic heterocycles. The van der Waals surface area contributed by atoms with Crippen LogP contribution in [0.5, 0.6) is 5.75 Å². The number of hydrogen-bond acceptors (Lipinski definition) is 4. The first-order valence-electron chi connectivity index (χ1n) is 10.5. The Labute approximate surface area is 171 Å². The number of benzene rings is 2.